The number of benzene rings is 2. The average Bonchev–Trinajstić information content (AvgIpc) is 3.32. The molecule has 5 nitrogen and oxygen atoms in total. The van der Waals surface area contributed by atoms with Gasteiger partial charge in [0.05, 0.1) is 23.3 Å². The van der Waals surface area contributed by atoms with Gasteiger partial charge in [-0.05, 0) is 48.9 Å². The van der Waals surface area contributed by atoms with E-state index in [9.17, 15) is 4.79 Å². The van der Waals surface area contributed by atoms with Gasteiger partial charge in [-0.15, -0.1) is 0 Å². The van der Waals surface area contributed by atoms with E-state index in [4.69, 9.17) is 9.40 Å². The molecule has 0 bridgehead atoms. The minimum absolute atomic E-state index is 0.255. The molecule has 4 aromatic rings. The molecule has 2 heterocycles. The van der Waals surface area contributed by atoms with Crippen molar-refractivity contribution in [3.63, 3.8) is 0 Å². The van der Waals surface area contributed by atoms with Crippen LogP contribution in [0.2, 0.25) is 0 Å². The molecule has 2 aromatic carbocycles. The van der Waals surface area contributed by atoms with E-state index in [2.05, 4.69) is 37.9 Å². The van der Waals surface area contributed by atoms with Gasteiger partial charge in [-0.25, -0.2) is 4.98 Å². The molecule has 1 N–H and O–H groups in total. The maximum atomic E-state index is 12.4. The first-order valence-corrected chi connectivity index (χ1v) is 9.45. The van der Waals surface area contributed by atoms with Crippen LogP contribution in [0.4, 0.5) is 0 Å². The number of amides is 1. The van der Waals surface area contributed by atoms with Crippen LogP contribution in [0.15, 0.2) is 75.8 Å². The Morgan fingerprint density at radius 3 is 2.67 bits per heavy atom. The molecule has 6 heteroatoms. The summed E-state index contributed by atoms with van der Waals surface area (Å²) < 4.78 is 8.37. The average molecular weight is 424 g/mol. The molecule has 0 saturated carbocycles. The van der Waals surface area contributed by atoms with Crippen molar-refractivity contribution < 1.29 is 9.21 Å². The fourth-order valence-corrected chi connectivity index (χ4v) is 3.37. The quantitative estimate of drug-likeness (QED) is 0.494. The second-order valence-electron chi connectivity index (χ2n) is 6.34. The number of hydrogen-bond donors (Lipinski definition) is 1. The van der Waals surface area contributed by atoms with Crippen LogP contribution >= 0.6 is 15.9 Å². The molecule has 0 spiro atoms. The van der Waals surface area contributed by atoms with E-state index in [1.54, 1.807) is 12.1 Å². The number of furan rings is 1. The van der Waals surface area contributed by atoms with Crippen LogP contribution in [0.5, 0.6) is 0 Å². The lowest BCUT2D eigenvalue weighted by Gasteiger charge is -2.16. The monoisotopic (exact) mass is 423 g/mol. The number of rotatable bonds is 5. The van der Waals surface area contributed by atoms with Gasteiger partial charge in [0.15, 0.2) is 5.76 Å². The summed E-state index contributed by atoms with van der Waals surface area (Å²) >= 11 is 3.47. The number of carbonyl (C=O) groups excluding carboxylic acids is 1. The van der Waals surface area contributed by atoms with Gasteiger partial charge < -0.3 is 14.3 Å². The van der Waals surface area contributed by atoms with Crippen LogP contribution in [0.1, 0.15) is 34.9 Å². The Bertz CT molecular complexity index is 1070. The Balaban J connectivity index is 1.68. The summed E-state index contributed by atoms with van der Waals surface area (Å²) in [5, 5.41) is 2.97. The van der Waals surface area contributed by atoms with Crippen molar-refractivity contribution >= 4 is 32.9 Å². The van der Waals surface area contributed by atoms with Gasteiger partial charge in [0.1, 0.15) is 5.82 Å². The summed E-state index contributed by atoms with van der Waals surface area (Å²) in [4.78, 5) is 17.1. The Morgan fingerprint density at radius 2 is 1.93 bits per heavy atom. The number of nitrogens with one attached hydrogen (secondary N) is 1. The molecule has 136 valence electrons. The first kappa shape index (κ1) is 17.5. The second-order valence-corrected chi connectivity index (χ2v) is 7.26. The van der Waals surface area contributed by atoms with Gasteiger partial charge in [-0.3, -0.25) is 4.79 Å². The Labute approximate surface area is 165 Å². The molecule has 0 fully saturated rings. The summed E-state index contributed by atoms with van der Waals surface area (Å²) in [6.45, 7) is 2.60. The SMILES string of the molecule is C[C@@H](NC(=O)c1ccco1)c1nc2ccccc2n1Cc1ccc(Br)cc1. The number of nitrogens with zero attached hydrogens (tertiary/aromatic N) is 2. The maximum absolute atomic E-state index is 12.4. The van der Waals surface area contributed by atoms with Gasteiger partial charge in [-0.2, -0.15) is 0 Å². The predicted molar refractivity (Wildman–Crippen MR) is 108 cm³/mol. The van der Waals surface area contributed by atoms with Crippen LogP contribution in [0.3, 0.4) is 0 Å². The topological polar surface area (TPSA) is 60.1 Å². The Hall–Kier alpha value is -2.86. The van der Waals surface area contributed by atoms with Crippen molar-refractivity contribution in [3.8, 4) is 0 Å². The number of fused-ring (bicyclic) bond motifs is 1. The van der Waals surface area contributed by atoms with Gasteiger partial charge in [0.2, 0.25) is 0 Å². The third-order valence-electron chi connectivity index (χ3n) is 4.42. The van der Waals surface area contributed by atoms with Crippen LogP contribution in [0.25, 0.3) is 11.0 Å². The van der Waals surface area contributed by atoms with Crippen LogP contribution in [-0.4, -0.2) is 15.5 Å². The van der Waals surface area contributed by atoms with E-state index in [-0.39, 0.29) is 17.7 Å². The maximum Gasteiger partial charge on any atom is 0.287 e. The number of hydrogen-bond acceptors (Lipinski definition) is 3. The van der Waals surface area contributed by atoms with Gasteiger partial charge in [0.25, 0.3) is 5.91 Å². The fourth-order valence-electron chi connectivity index (χ4n) is 3.10. The zero-order valence-electron chi connectivity index (χ0n) is 14.7. The van der Waals surface area contributed by atoms with E-state index in [1.807, 2.05) is 43.3 Å². The number of para-hydroxylation sites is 2. The third kappa shape index (κ3) is 3.66. The number of aromatic nitrogens is 2. The van der Waals surface area contributed by atoms with Gasteiger partial charge >= 0.3 is 0 Å². The minimum Gasteiger partial charge on any atom is -0.459 e. The van der Waals surface area contributed by atoms with Crippen LogP contribution in [0, 0.1) is 0 Å². The van der Waals surface area contributed by atoms with E-state index in [0.717, 1.165) is 26.9 Å². The van der Waals surface area contributed by atoms with Crippen LogP contribution in [-0.2, 0) is 6.54 Å². The first-order valence-electron chi connectivity index (χ1n) is 8.66. The van der Waals surface area contributed by atoms with Crippen molar-refractivity contribution in [2.45, 2.75) is 19.5 Å². The van der Waals surface area contributed by atoms with Crippen molar-refractivity contribution in [2.75, 3.05) is 0 Å². The molecule has 2 aromatic heterocycles. The highest BCUT2D eigenvalue weighted by molar-refractivity contribution is 9.10. The molecular formula is C21H18BrN3O2. The number of carbonyl (C=O) groups is 1. The van der Waals surface area contributed by atoms with E-state index in [1.165, 1.54) is 6.26 Å². The molecule has 1 atom stereocenters. The molecule has 0 unspecified atom stereocenters. The summed E-state index contributed by atoms with van der Waals surface area (Å²) in [5.41, 5.74) is 3.10. The van der Waals surface area contributed by atoms with Crippen LogP contribution < -0.4 is 5.32 Å². The normalized spacial score (nSPS) is 12.2. The van der Waals surface area contributed by atoms with Crippen molar-refractivity contribution in [3.05, 3.63) is 88.5 Å². The molecule has 1 amide bonds. The third-order valence-corrected chi connectivity index (χ3v) is 4.95. The second kappa shape index (κ2) is 7.40. The van der Waals surface area contributed by atoms with E-state index < -0.39 is 0 Å². The molecule has 0 saturated heterocycles. The van der Waals surface area contributed by atoms with E-state index in [0.29, 0.717) is 6.54 Å². The summed E-state index contributed by atoms with van der Waals surface area (Å²) in [6.07, 6.45) is 1.49. The zero-order valence-corrected chi connectivity index (χ0v) is 16.3. The molecule has 0 aliphatic heterocycles. The standard InChI is InChI=1S/C21H18BrN3O2/c1-14(23-21(26)19-7-4-12-27-19)20-24-17-5-2-3-6-18(17)25(20)13-15-8-10-16(22)11-9-15/h2-12,14H,13H2,1H3,(H,23,26)/t14-/m1/s1. The molecule has 4 rings (SSSR count). The Morgan fingerprint density at radius 1 is 1.15 bits per heavy atom. The van der Waals surface area contributed by atoms with Crippen molar-refractivity contribution in [2.24, 2.45) is 0 Å². The number of imidazole rings is 1. The fraction of sp³-hybridized carbons (Fsp3) is 0.143. The molecule has 0 aliphatic rings. The molecular weight excluding hydrogens is 406 g/mol. The largest absolute Gasteiger partial charge is 0.459 e. The highest BCUT2D eigenvalue weighted by Gasteiger charge is 2.20. The lowest BCUT2D eigenvalue weighted by atomic mass is 10.2. The lowest BCUT2D eigenvalue weighted by Crippen LogP contribution is -2.28. The summed E-state index contributed by atoms with van der Waals surface area (Å²) in [7, 11) is 0. The smallest absolute Gasteiger partial charge is 0.287 e. The zero-order chi connectivity index (χ0) is 18.8. The lowest BCUT2D eigenvalue weighted by molar-refractivity contribution is 0.0909. The summed E-state index contributed by atoms with van der Waals surface area (Å²) in [5.74, 6) is 0.839. The number of halogens is 1. The predicted octanol–water partition coefficient (Wildman–Crippen LogP) is 4.93. The molecule has 0 aliphatic carbocycles. The first-order chi connectivity index (χ1) is 13.1. The van der Waals surface area contributed by atoms with Crippen molar-refractivity contribution in [1.29, 1.82) is 0 Å². The van der Waals surface area contributed by atoms with Gasteiger partial charge in [0, 0.05) is 11.0 Å². The summed E-state index contributed by atoms with van der Waals surface area (Å²) in [6, 6.07) is 19.3. The van der Waals surface area contributed by atoms with Gasteiger partial charge in [-0.1, -0.05) is 40.2 Å². The highest BCUT2D eigenvalue weighted by atomic mass is 79.9. The van der Waals surface area contributed by atoms with E-state index >= 15 is 0 Å². The van der Waals surface area contributed by atoms with Crippen molar-refractivity contribution in [1.82, 2.24) is 14.9 Å². The molecule has 27 heavy (non-hydrogen) atoms. The molecule has 0 radical (unpaired) electrons. The highest BCUT2D eigenvalue weighted by Crippen LogP contribution is 2.23. The Kier molecular flexibility index (Phi) is 4.81. The minimum atomic E-state index is -0.273.